The third-order valence-corrected chi connectivity index (χ3v) is 3.79. The summed E-state index contributed by atoms with van der Waals surface area (Å²) in [5.74, 6) is -0.751. The van der Waals surface area contributed by atoms with Crippen molar-refractivity contribution in [2.75, 3.05) is 14.2 Å². The zero-order valence-electron chi connectivity index (χ0n) is 14.2. The highest BCUT2D eigenvalue weighted by atomic mass is 35.5. The number of ether oxygens (including phenoxy) is 3. The van der Waals surface area contributed by atoms with E-state index < -0.39 is 18.1 Å². The van der Waals surface area contributed by atoms with E-state index in [1.54, 1.807) is 12.1 Å². The van der Waals surface area contributed by atoms with Crippen molar-refractivity contribution in [3.8, 4) is 11.5 Å². The van der Waals surface area contributed by atoms with Crippen molar-refractivity contribution in [3.05, 3.63) is 58.6 Å². The lowest BCUT2D eigenvalue weighted by molar-refractivity contribution is -0.139. The minimum atomic E-state index is -1.37. The number of halogens is 1. The molecule has 1 atom stereocenters. The molecule has 1 amide bonds. The van der Waals surface area contributed by atoms with Crippen LogP contribution in [0.25, 0.3) is 0 Å². The lowest BCUT2D eigenvalue weighted by Gasteiger charge is -2.18. The molecular formula is C18H18ClNO6. The molecule has 0 radical (unpaired) electrons. The molecule has 0 saturated heterocycles. The molecule has 26 heavy (non-hydrogen) atoms. The fraction of sp³-hybridized carbons (Fsp3) is 0.222. The lowest BCUT2D eigenvalue weighted by atomic mass is 10.1. The maximum atomic E-state index is 12.0. The van der Waals surface area contributed by atoms with E-state index in [1.165, 1.54) is 26.4 Å². The zero-order valence-corrected chi connectivity index (χ0v) is 14.9. The summed E-state index contributed by atoms with van der Waals surface area (Å²) in [6, 6.07) is 10.5. The summed E-state index contributed by atoms with van der Waals surface area (Å²) in [7, 11) is 2.81. The number of benzene rings is 2. The maximum Gasteiger partial charge on any atom is 0.408 e. The molecule has 8 heteroatoms. The highest BCUT2D eigenvalue weighted by Crippen LogP contribution is 2.37. The van der Waals surface area contributed by atoms with Gasteiger partial charge in [-0.05, 0) is 23.3 Å². The SMILES string of the molecule is COc1cc(C(NC(=O)OCc2ccccc2)C(=O)O)cc(Cl)c1OC. The normalized spacial score (nSPS) is 11.3. The van der Waals surface area contributed by atoms with Gasteiger partial charge in [-0.25, -0.2) is 9.59 Å². The van der Waals surface area contributed by atoms with Gasteiger partial charge in [-0.15, -0.1) is 0 Å². The predicted octanol–water partition coefficient (Wildman–Crippen LogP) is 3.41. The largest absolute Gasteiger partial charge is 0.493 e. The smallest absolute Gasteiger partial charge is 0.408 e. The number of alkyl carbamates (subject to hydrolysis) is 1. The van der Waals surface area contributed by atoms with E-state index in [-0.39, 0.29) is 28.7 Å². The van der Waals surface area contributed by atoms with E-state index in [1.807, 2.05) is 18.2 Å². The number of amides is 1. The van der Waals surface area contributed by atoms with Crippen molar-refractivity contribution >= 4 is 23.7 Å². The van der Waals surface area contributed by atoms with Gasteiger partial charge in [0.2, 0.25) is 0 Å². The van der Waals surface area contributed by atoms with E-state index in [4.69, 9.17) is 25.8 Å². The van der Waals surface area contributed by atoms with Gasteiger partial charge in [0, 0.05) is 0 Å². The van der Waals surface area contributed by atoms with Crippen molar-refractivity contribution in [1.82, 2.24) is 5.32 Å². The van der Waals surface area contributed by atoms with Crippen LogP contribution >= 0.6 is 11.6 Å². The van der Waals surface area contributed by atoms with Crippen LogP contribution in [-0.4, -0.2) is 31.4 Å². The van der Waals surface area contributed by atoms with Crippen LogP contribution in [0.5, 0.6) is 11.5 Å². The molecule has 0 aliphatic carbocycles. The van der Waals surface area contributed by atoms with Crippen LogP contribution in [-0.2, 0) is 16.1 Å². The van der Waals surface area contributed by atoms with E-state index in [0.717, 1.165) is 5.56 Å². The predicted molar refractivity (Wildman–Crippen MR) is 94.7 cm³/mol. The molecule has 0 aromatic heterocycles. The minimum Gasteiger partial charge on any atom is -0.493 e. The van der Waals surface area contributed by atoms with E-state index in [0.29, 0.717) is 0 Å². The van der Waals surface area contributed by atoms with Crippen LogP contribution in [0, 0.1) is 0 Å². The average molecular weight is 380 g/mol. The average Bonchev–Trinajstić information content (AvgIpc) is 2.64. The van der Waals surface area contributed by atoms with Crippen molar-refractivity contribution in [3.63, 3.8) is 0 Å². The first-order valence-electron chi connectivity index (χ1n) is 7.57. The zero-order chi connectivity index (χ0) is 19.1. The summed E-state index contributed by atoms with van der Waals surface area (Å²) >= 11 is 6.10. The van der Waals surface area contributed by atoms with Gasteiger partial charge in [-0.1, -0.05) is 41.9 Å². The number of hydrogen-bond acceptors (Lipinski definition) is 5. The Labute approximate surface area is 155 Å². The number of carbonyl (C=O) groups is 2. The van der Waals surface area contributed by atoms with E-state index in [2.05, 4.69) is 5.32 Å². The first-order valence-corrected chi connectivity index (χ1v) is 7.95. The summed E-state index contributed by atoms with van der Waals surface area (Å²) in [5.41, 5.74) is 1.00. The summed E-state index contributed by atoms with van der Waals surface area (Å²) in [6.07, 6.45) is -0.868. The Morgan fingerprint density at radius 3 is 2.42 bits per heavy atom. The second kappa shape index (κ2) is 8.96. The maximum absolute atomic E-state index is 12.0. The molecule has 0 bridgehead atoms. The molecule has 2 N–H and O–H groups in total. The monoisotopic (exact) mass is 379 g/mol. The van der Waals surface area contributed by atoms with Gasteiger partial charge < -0.3 is 24.6 Å². The fourth-order valence-corrected chi connectivity index (χ4v) is 2.57. The second-order valence-electron chi connectivity index (χ2n) is 5.22. The molecular weight excluding hydrogens is 362 g/mol. The third kappa shape index (κ3) is 4.80. The number of aliphatic carboxylic acids is 1. The third-order valence-electron chi connectivity index (χ3n) is 3.51. The van der Waals surface area contributed by atoms with Gasteiger partial charge in [0.1, 0.15) is 6.61 Å². The number of nitrogens with one attached hydrogen (secondary N) is 1. The Hall–Kier alpha value is -2.93. The standard InChI is InChI=1S/C18H18ClNO6/c1-24-14-9-12(8-13(19)16(14)25-2)15(17(21)22)20-18(23)26-10-11-6-4-3-5-7-11/h3-9,15H,10H2,1-2H3,(H,20,23)(H,21,22). The topological polar surface area (TPSA) is 94.1 Å². The van der Waals surface area contributed by atoms with Gasteiger partial charge in [0.05, 0.1) is 19.2 Å². The number of carboxylic acids is 1. The van der Waals surface area contributed by atoms with Gasteiger partial charge in [-0.2, -0.15) is 0 Å². The molecule has 0 heterocycles. The van der Waals surface area contributed by atoms with Gasteiger partial charge in [0.25, 0.3) is 0 Å². The Bertz CT molecular complexity index is 781. The highest BCUT2D eigenvalue weighted by Gasteiger charge is 2.25. The summed E-state index contributed by atoms with van der Waals surface area (Å²) in [4.78, 5) is 23.6. The molecule has 2 rings (SSSR count). The van der Waals surface area contributed by atoms with Gasteiger partial charge in [-0.3, -0.25) is 0 Å². The van der Waals surface area contributed by atoms with Crippen LogP contribution in [0.15, 0.2) is 42.5 Å². The molecule has 0 spiro atoms. The molecule has 2 aromatic carbocycles. The van der Waals surface area contributed by atoms with E-state index >= 15 is 0 Å². The Morgan fingerprint density at radius 2 is 1.85 bits per heavy atom. The number of methoxy groups -OCH3 is 2. The highest BCUT2D eigenvalue weighted by molar-refractivity contribution is 6.32. The molecule has 2 aromatic rings. The minimum absolute atomic E-state index is 0.0195. The number of rotatable bonds is 7. The number of hydrogen-bond donors (Lipinski definition) is 2. The van der Waals surface area contributed by atoms with Gasteiger partial charge >= 0.3 is 12.1 Å². The second-order valence-corrected chi connectivity index (χ2v) is 5.62. The Kier molecular flexibility index (Phi) is 6.68. The summed E-state index contributed by atoms with van der Waals surface area (Å²) in [5, 5.41) is 11.9. The van der Waals surface area contributed by atoms with Crippen molar-refractivity contribution in [1.29, 1.82) is 0 Å². The summed E-state index contributed by atoms with van der Waals surface area (Å²) < 4.78 is 15.3. The Morgan fingerprint density at radius 1 is 1.15 bits per heavy atom. The van der Waals surface area contributed by atoms with Crippen LogP contribution in [0.4, 0.5) is 4.79 Å². The first-order chi connectivity index (χ1) is 12.5. The Balaban J connectivity index is 2.15. The molecule has 1 unspecified atom stereocenters. The fourth-order valence-electron chi connectivity index (χ4n) is 2.27. The molecule has 0 aliphatic heterocycles. The number of carboxylic acid groups (broad SMARTS) is 1. The quantitative estimate of drug-likeness (QED) is 0.765. The first kappa shape index (κ1) is 19.4. The molecule has 7 nitrogen and oxygen atoms in total. The molecule has 138 valence electrons. The van der Waals surface area contributed by atoms with Gasteiger partial charge in [0.15, 0.2) is 17.5 Å². The number of carbonyl (C=O) groups excluding carboxylic acids is 1. The van der Waals surface area contributed by atoms with Crippen LogP contribution < -0.4 is 14.8 Å². The summed E-state index contributed by atoms with van der Waals surface area (Å²) in [6.45, 7) is 0.0195. The van der Waals surface area contributed by atoms with Crippen molar-refractivity contribution < 1.29 is 28.9 Å². The molecule has 0 aliphatic rings. The lowest BCUT2D eigenvalue weighted by Crippen LogP contribution is -2.34. The molecule has 0 saturated carbocycles. The van der Waals surface area contributed by atoms with Crippen molar-refractivity contribution in [2.24, 2.45) is 0 Å². The van der Waals surface area contributed by atoms with Crippen LogP contribution in [0.2, 0.25) is 5.02 Å². The molecule has 0 fully saturated rings. The van der Waals surface area contributed by atoms with Crippen molar-refractivity contribution in [2.45, 2.75) is 12.6 Å². The van der Waals surface area contributed by atoms with Crippen LogP contribution in [0.1, 0.15) is 17.2 Å². The van der Waals surface area contributed by atoms with E-state index in [9.17, 15) is 14.7 Å². The van der Waals surface area contributed by atoms with Crippen LogP contribution in [0.3, 0.4) is 0 Å².